The van der Waals surface area contributed by atoms with E-state index in [4.69, 9.17) is 5.73 Å². The van der Waals surface area contributed by atoms with Crippen molar-refractivity contribution in [3.8, 4) is 5.82 Å². The van der Waals surface area contributed by atoms with E-state index in [2.05, 4.69) is 10.1 Å². The molecule has 0 saturated carbocycles. The van der Waals surface area contributed by atoms with E-state index in [1.54, 1.807) is 4.68 Å². The second kappa shape index (κ2) is 4.10. The minimum Gasteiger partial charge on any atom is -0.378 e. The van der Waals surface area contributed by atoms with Crippen molar-refractivity contribution in [2.75, 3.05) is 5.73 Å². The van der Waals surface area contributed by atoms with Crippen LogP contribution in [0.25, 0.3) is 5.82 Å². The summed E-state index contributed by atoms with van der Waals surface area (Å²) in [4.78, 5) is 14.1. The first-order chi connectivity index (χ1) is 8.41. The van der Waals surface area contributed by atoms with Crippen molar-refractivity contribution in [1.29, 1.82) is 0 Å². The molecule has 0 unspecified atom stereocenters. The molecule has 7 heteroatoms. The summed E-state index contributed by atoms with van der Waals surface area (Å²) in [6.07, 6.45) is 0. The number of nitrogen functional groups attached to an aromatic ring is 1. The topological polar surface area (TPSA) is 99.9 Å². The first kappa shape index (κ1) is 12.0. The Morgan fingerprint density at radius 1 is 1.33 bits per heavy atom. The number of nitrogens with zero attached hydrogens (tertiary/aromatic N) is 4. The summed E-state index contributed by atoms with van der Waals surface area (Å²) < 4.78 is 1.63. The molecular formula is C11H13N5O2. The maximum atomic E-state index is 10.7. The number of nitrogens with two attached hydrogens (primary N) is 1. The van der Waals surface area contributed by atoms with Gasteiger partial charge in [0.05, 0.1) is 10.6 Å². The zero-order valence-corrected chi connectivity index (χ0v) is 10.3. The summed E-state index contributed by atoms with van der Waals surface area (Å²) in [5.41, 5.74) is 8.26. The van der Waals surface area contributed by atoms with Crippen LogP contribution in [-0.4, -0.2) is 19.7 Å². The highest BCUT2D eigenvalue weighted by atomic mass is 16.6. The molecule has 0 aromatic carbocycles. The predicted octanol–water partition coefficient (Wildman–Crippen LogP) is 1.68. The fourth-order valence-electron chi connectivity index (χ4n) is 1.67. The Kier molecular flexibility index (Phi) is 2.74. The lowest BCUT2D eigenvalue weighted by Crippen LogP contribution is -2.06. The molecule has 0 bridgehead atoms. The average Bonchev–Trinajstić information content (AvgIpc) is 2.56. The molecule has 0 fully saturated rings. The van der Waals surface area contributed by atoms with Crippen LogP contribution in [0.15, 0.2) is 12.1 Å². The number of aromatic nitrogens is 3. The number of anilines is 1. The Hall–Kier alpha value is -2.44. The molecule has 0 amide bonds. The van der Waals surface area contributed by atoms with E-state index in [0.29, 0.717) is 5.82 Å². The van der Waals surface area contributed by atoms with Crippen molar-refractivity contribution in [1.82, 2.24) is 14.8 Å². The Morgan fingerprint density at radius 2 is 2.00 bits per heavy atom. The van der Waals surface area contributed by atoms with Gasteiger partial charge in [-0.05, 0) is 32.4 Å². The van der Waals surface area contributed by atoms with E-state index >= 15 is 0 Å². The fraction of sp³-hybridized carbons (Fsp3) is 0.273. The van der Waals surface area contributed by atoms with E-state index < -0.39 is 4.92 Å². The maximum absolute atomic E-state index is 10.7. The normalized spacial score (nSPS) is 10.6. The van der Waals surface area contributed by atoms with E-state index in [-0.39, 0.29) is 11.5 Å². The smallest absolute Gasteiger partial charge is 0.311 e. The van der Waals surface area contributed by atoms with Crippen LogP contribution in [-0.2, 0) is 0 Å². The molecule has 0 saturated heterocycles. The van der Waals surface area contributed by atoms with Gasteiger partial charge in [-0.1, -0.05) is 0 Å². The van der Waals surface area contributed by atoms with Crippen molar-refractivity contribution in [2.24, 2.45) is 0 Å². The SMILES string of the molecule is Cc1nn(-c2ccc([N+](=O)[O-])c(N)n2)c(C)c1C. The number of hydrogen-bond donors (Lipinski definition) is 1. The number of aryl methyl sites for hydroxylation is 1. The highest BCUT2D eigenvalue weighted by molar-refractivity contribution is 5.54. The van der Waals surface area contributed by atoms with Crippen LogP contribution in [0.3, 0.4) is 0 Å². The quantitative estimate of drug-likeness (QED) is 0.642. The van der Waals surface area contributed by atoms with E-state index in [1.165, 1.54) is 12.1 Å². The lowest BCUT2D eigenvalue weighted by molar-refractivity contribution is -0.384. The molecule has 2 rings (SSSR count). The predicted molar refractivity (Wildman–Crippen MR) is 66.6 cm³/mol. The van der Waals surface area contributed by atoms with Crippen LogP contribution in [0.4, 0.5) is 11.5 Å². The summed E-state index contributed by atoms with van der Waals surface area (Å²) in [5.74, 6) is 0.370. The Bertz CT molecular complexity index is 633. The second-order valence-electron chi connectivity index (χ2n) is 4.04. The molecule has 7 nitrogen and oxygen atoms in total. The minimum atomic E-state index is -0.557. The van der Waals surface area contributed by atoms with Gasteiger partial charge in [-0.3, -0.25) is 10.1 Å². The van der Waals surface area contributed by atoms with E-state index in [1.807, 2.05) is 20.8 Å². The van der Waals surface area contributed by atoms with Crippen LogP contribution in [0.2, 0.25) is 0 Å². The van der Waals surface area contributed by atoms with Gasteiger partial charge in [-0.2, -0.15) is 5.10 Å². The summed E-state index contributed by atoms with van der Waals surface area (Å²) in [6, 6.07) is 2.87. The van der Waals surface area contributed by atoms with Crippen LogP contribution in [0.1, 0.15) is 17.0 Å². The number of hydrogen-bond acceptors (Lipinski definition) is 5. The lowest BCUT2D eigenvalue weighted by Gasteiger charge is -2.04. The number of rotatable bonds is 2. The zero-order chi connectivity index (χ0) is 13.4. The Balaban J connectivity index is 2.55. The van der Waals surface area contributed by atoms with Crippen LogP contribution < -0.4 is 5.73 Å². The second-order valence-corrected chi connectivity index (χ2v) is 4.04. The average molecular weight is 247 g/mol. The molecular weight excluding hydrogens is 234 g/mol. The van der Waals surface area contributed by atoms with Gasteiger partial charge in [-0.15, -0.1) is 0 Å². The van der Waals surface area contributed by atoms with Gasteiger partial charge in [0, 0.05) is 11.8 Å². The molecule has 2 aromatic heterocycles. The third kappa shape index (κ3) is 1.79. The van der Waals surface area contributed by atoms with Gasteiger partial charge in [0.2, 0.25) is 5.82 Å². The van der Waals surface area contributed by atoms with E-state index in [9.17, 15) is 10.1 Å². The van der Waals surface area contributed by atoms with Gasteiger partial charge < -0.3 is 5.73 Å². The van der Waals surface area contributed by atoms with Crippen LogP contribution in [0, 0.1) is 30.9 Å². The summed E-state index contributed by atoms with van der Waals surface area (Å²) >= 11 is 0. The highest BCUT2D eigenvalue weighted by Crippen LogP contribution is 2.22. The zero-order valence-electron chi connectivity index (χ0n) is 10.3. The Morgan fingerprint density at radius 3 is 2.44 bits per heavy atom. The molecule has 0 aliphatic rings. The first-order valence-electron chi connectivity index (χ1n) is 5.36. The first-order valence-corrected chi connectivity index (χ1v) is 5.36. The molecule has 0 radical (unpaired) electrons. The monoisotopic (exact) mass is 247 g/mol. The molecule has 2 aromatic rings. The number of pyridine rings is 1. The van der Waals surface area contributed by atoms with Crippen molar-refractivity contribution < 1.29 is 4.92 Å². The molecule has 0 spiro atoms. The van der Waals surface area contributed by atoms with Crippen molar-refractivity contribution in [3.63, 3.8) is 0 Å². The standard InChI is InChI=1S/C11H13N5O2/c1-6-7(2)14-15(8(6)3)10-5-4-9(16(17)18)11(12)13-10/h4-5H,1-3H3,(H2,12,13). The molecule has 0 aliphatic heterocycles. The summed E-state index contributed by atoms with van der Waals surface area (Å²) in [5, 5.41) is 15.0. The summed E-state index contributed by atoms with van der Waals surface area (Å²) in [6.45, 7) is 5.77. The van der Waals surface area contributed by atoms with Gasteiger partial charge in [0.1, 0.15) is 0 Å². The van der Waals surface area contributed by atoms with Gasteiger partial charge >= 0.3 is 5.69 Å². The van der Waals surface area contributed by atoms with Crippen molar-refractivity contribution >= 4 is 11.5 Å². The van der Waals surface area contributed by atoms with Gasteiger partial charge in [-0.25, -0.2) is 9.67 Å². The van der Waals surface area contributed by atoms with Crippen molar-refractivity contribution in [3.05, 3.63) is 39.2 Å². The third-order valence-electron chi connectivity index (χ3n) is 2.95. The summed E-state index contributed by atoms with van der Waals surface area (Å²) in [7, 11) is 0. The van der Waals surface area contributed by atoms with Gasteiger partial charge in [0.15, 0.2) is 5.82 Å². The Labute approximate surface area is 103 Å². The van der Waals surface area contributed by atoms with Gasteiger partial charge in [0.25, 0.3) is 0 Å². The molecule has 18 heavy (non-hydrogen) atoms. The molecule has 94 valence electrons. The lowest BCUT2D eigenvalue weighted by atomic mass is 10.2. The molecule has 0 aliphatic carbocycles. The molecule has 2 heterocycles. The minimum absolute atomic E-state index is 0.109. The third-order valence-corrected chi connectivity index (χ3v) is 2.95. The largest absolute Gasteiger partial charge is 0.378 e. The fourth-order valence-corrected chi connectivity index (χ4v) is 1.67. The molecule has 0 atom stereocenters. The van der Waals surface area contributed by atoms with Crippen LogP contribution in [0.5, 0.6) is 0 Å². The number of nitro groups is 1. The molecule has 2 N–H and O–H groups in total. The van der Waals surface area contributed by atoms with E-state index in [0.717, 1.165) is 17.0 Å². The maximum Gasteiger partial charge on any atom is 0.311 e. The van der Waals surface area contributed by atoms with Crippen LogP contribution >= 0.6 is 0 Å². The highest BCUT2D eigenvalue weighted by Gasteiger charge is 2.16. The van der Waals surface area contributed by atoms with Crippen molar-refractivity contribution in [2.45, 2.75) is 20.8 Å².